The van der Waals surface area contributed by atoms with Gasteiger partial charge in [0, 0.05) is 25.2 Å². The van der Waals surface area contributed by atoms with Crippen molar-refractivity contribution >= 4 is 11.5 Å². The van der Waals surface area contributed by atoms with E-state index in [2.05, 4.69) is 29.4 Å². The van der Waals surface area contributed by atoms with Crippen LogP contribution in [0, 0.1) is 0 Å². The first-order valence-electron chi connectivity index (χ1n) is 8.52. The van der Waals surface area contributed by atoms with Crippen LogP contribution >= 0.6 is 0 Å². The molecule has 0 aliphatic carbocycles. The van der Waals surface area contributed by atoms with Crippen molar-refractivity contribution in [1.82, 2.24) is 10.2 Å². The maximum Gasteiger partial charge on any atom is 0.179 e. The molecular formula is C18H27N3O2. The van der Waals surface area contributed by atoms with Gasteiger partial charge in [0.2, 0.25) is 0 Å². The highest BCUT2D eigenvalue weighted by molar-refractivity contribution is 6.01. The summed E-state index contributed by atoms with van der Waals surface area (Å²) in [6, 6.07) is 5.64. The number of carbonyl (C=O) groups is 1. The first-order valence-corrected chi connectivity index (χ1v) is 8.52. The van der Waals surface area contributed by atoms with E-state index in [1.54, 1.807) is 0 Å². The summed E-state index contributed by atoms with van der Waals surface area (Å²) >= 11 is 0. The Balaban J connectivity index is 1.75. The molecule has 126 valence electrons. The highest BCUT2D eigenvalue weighted by Gasteiger charge is 2.28. The minimum atomic E-state index is -0.217. The number of anilines is 1. The summed E-state index contributed by atoms with van der Waals surface area (Å²) in [6.45, 7) is 10.7. The molecule has 2 N–H and O–H groups in total. The lowest BCUT2D eigenvalue weighted by Gasteiger charge is -2.34. The van der Waals surface area contributed by atoms with Crippen LogP contribution in [0.4, 0.5) is 5.69 Å². The number of benzene rings is 1. The van der Waals surface area contributed by atoms with Crippen molar-refractivity contribution in [2.45, 2.75) is 38.8 Å². The van der Waals surface area contributed by atoms with Gasteiger partial charge in [0.25, 0.3) is 0 Å². The average molecular weight is 317 g/mol. The average Bonchev–Trinajstić information content (AvgIpc) is 2.81. The number of fused-ring (bicyclic) bond motifs is 1. The molecule has 5 heteroatoms. The molecule has 1 aromatic rings. The van der Waals surface area contributed by atoms with Gasteiger partial charge in [-0.3, -0.25) is 9.69 Å². The number of nitrogens with one attached hydrogen (secondary N) is 2. The Morgan fingerprint density at radius 3 is 2.96 bits per heavy atom. The maximum atomic E-state index is 12.8. The Morgan fingerprint density at radius 2 is 2.13 bits per heavy atom. The van der Waals surface area contributed by atoms with E-state index in [9.17, 15) is 4.79 Å². The van der Waals surface area contributed by atoms with Crippen LogP contribution in [0.1, 0.15) is 37.6 Å². The molecule has 1 saturated heterocycles. The number of carbonyl (C=O) groups excluding carboxylic acids is 1. The van der Waals surface area contributed by atoms with Crippen LogP contribution in [-0.4, -0.2) is 55.0 Å². The van der Waals surface area contributed by atoms with Gasteiger partial charge < -0.3 is 15.4 Å². The second-order valence-electron chi connectivity index (χ2n) is 7.11. The van der Waals surface area contributed by atoms with Crippen LogP contribution in [0.15, 0.2) is 18.2 Å². The molecule has 1 aromatic carbocycles. The summed E-state index contributed by atoms with van der Waals surface area (Å²) in [6.07, 6.45) is 1.09. The lowest BCUT2D eigenvalue weighted by atomic mass is 10.0. The highest BCUT2D eigenvalue weighted by atomic mass is 16.5. The Labute approximate surface area is 138 Å². The summed E-state index contributed by atoms with van der Waals surface area (Å²) in [7, 11) is 0. The van der Waals surface area contributed by atoms with Gasteiger partial charge in [-0.15, -0.1) is 0 Å². The summed E-state index contributed by atoms with van der Waals surface area (Å²) in [5.41, 5.74) is 1.45. The van der Waals surface area contributed by atoms with Crippen LogP contribution in [0.5, 0.6) is 5.75 Å². The van der Waals surface area contributed by atoms with E-state index in [1.165, 1.54) is 0 Å². The molecule has 1 atom stereocenters. The second-order valence-corrected chi connectivity index (χ2v) is 7.11. The summed E-state index contributed by atoms with van der Waals surface area (Å²) in [5.74, 6) is 1.01. The smallest absolute Gasteiger partial charge is 0.179 e. The topological polar surface area (TPSA) is 53.6 Å². The van der Waals surface area contributed by atoms with Gasteiger partial charge in [-0.25, -0.2) is 0 Å². The van der Waals surface area contributed by atoms with Crippen molar-refractivity contribution in [3.8, 4) is 5.75 Å². The highest BCUT2D eigenvalue weighted by Crippen LogP contribution is 2.33. The van der Waals surface area contributed by atoms with Crippen molar-refractivity contribution in [2.24, 2.45) is 0 Å². The Bertz CT molecular complexity index is 578. The van der Waals surface area contributed by atoms with E-state index >= 15 is 0 Å². The Hall–Kier alpha value is -1.59. The molecule has 0 bridgehead atoms. The van der Waals surface area contributed by atoms with Crippen molar-refractivity contribution in [1.29, 1.82) is 0 Å². The Morgan fingerprint density at radius 1 is 1.30 bits per heavy atom. The second kappa shape index (κ2) is 6.49. The van der Waals surface area contributed by atoms with Crippen LogP contribution in [-0.2, 0) is 0 Å². The molecule has 2 aliphatic rings. The van der Waals surface area contributed by atoms with Gasteiger partial charge in [-0.1, -0.05) is 0 Å². The summed E-state index contributed by atoms with van der Waals surface area (Å²) < 4.78 is 5.95. The minimum absolute atomic E-state index is 0.0890. The van der Waals surface area contributed by atoms with Crippen molar-refractivity contribution in [3.05, 3.63) is 23.8 Å². The molecule has 0 spiro atoms. The molecule has 1 unspecified atom stereocenters. The minimum Gasteiger partial charge on any atom is -0.484 e. The van der Waals surface area contributed by atoms with Crippen LogP contribution in [0.25, 0.3) is 0 Å². The molecule has 2 heterocycles. The molecule has 3 rings (SSSR count). The maximum absolute atomic E-state index is 12.8. The zero-order chi connectivity index (χ0) is 16.4. The fraction of sp³-hybridized carbons (Fsp3) is 0.611. The lowest BCUT2D eigenvalue weighted by Crippen LogP contribution is -2.41. The Kier molecular flexibility index (Phi) is 4.60. The predicted octanol–water partition coefficient (Wildman–Crippen LogP) is 2.14. The molecule has 0 radical (unpaired) electrons. The fourth-order valence-electron chi connectivity index (χ4n) is 3.21. The standard InChI is InChI=1S/C18H27N3O2/c1-13(21-9-4-7-19-8-10-21)17(22)14-5-6-16-15(11-14)20-12-18(2,3)23-16/h5-6,11,13,19-20H,4,7-10,12H2,1-3H3. The third kappa shape index (κ3) is 3.67. The van der Waals surface area contributed by atoms with E-state index in [0.29, 0.717) is 0 Å². The van der Waals surface area contributed by atoms with E-state index in [1.807, 2.05) is 25.1 Å². The third-order valence-corrected chi connectivity index (χ3v) is 4.66. The molecular weight excluding hydrogens is 290 g/mol. The SMILES string of the molecule is CC(C(=O)c1ccc2c(c1)NCC(C)(C)O2)N1CCCNCC1. The predicted molar refractivity (Wildman–Crippen MR) is 92.5 cm³/mol. The third-order valence-electron chi connectivity index (χ3n) is 4.66. The van der Waals surface area contributed by atoms with E-state index in [4.69, 9.17) is 4.74 Å². The zero-order valence-corrected chi connectivity index (χ0v) is 14.3. The molecule has 1 fully saturated rings. The van der Waals surface area contributed by atoms with Crippen LogP contribution < -0.4 is 15.4 Å². The van der Waals surface area contributed by atoms with Gasteiger partial charge in [-0.2, -0.15) is 0 Å². The normalized spacial score (nSPS) is 22.2. The first kappa shape index (κ1) is 16.3. The van der Waals surface area contributed by atoms with E-state index in [0.717, 1.165) is 56.1 Å². The van der Waals surface area contributed by atoms with Gasteiger partial charge in [0.15, 0.2) is 5.78 Å². The monoisotopic (exact) mass is 317 g/mol. The molecule has 0 amide bonds. The molecule has 0 saturated carbocycles. The first-order chi connectivity index (χ1) is 11.0. The molecule has 23 heavy (non-hydrogen) atoms. The van der Waals surface area contributed by atoms with Gasteiger partial charge in [0.1, 0.15) is 11.4 Å². The van der Waals surface area contributed by atoms with E-state index in [-0.39, 0.29) is 17.4 Å². The quantitative estimate of drug-likeness (QED) is 0.837. The van der Waals surface area contributed by atoms with Crippen LogP contribution in [0.3, 0.4) is 0 Å². The number of ketones is 1. The van der Waals surface area contributed by atoms with Crippen molar-refractivity contribution in [3.63, 3.8) is 0 Å². The number of rotatable bonds is 3. The summed E-state index contributed by atoms with van der Waals surface area (Å²) in [4.78, 5) is 15.1. The zero-order valence-electron chi connectivity index (χ0n) is 14.3. The number of hydrogen-bond donors (Lipinski definition) is 2. The lowest BCUT2D eigenvalue weighted by molar-refractivity contribution is 0.0846. The van der Waals surface area contributed by atoms with Gasteiger partial charge in [-0.05, 0) is 51.9 Å². The van der Waals surface area contributed by atoms with E-state index < -0.39 is 0 Å². The van der Waals surface area contributed by atoms with Gasteiger partial charge in [0.05, 0.1) is 18.3 Å². The fourth-order valence-corrected chi connectivity index (χ4v) is 3.21. The molecule has 0 aromatic heterocycles. The number of ether oxygens (including phenoxy) is 1. The van der Waals surface area contributed by atoms with Crippen molar-refractivity contribution < 1.29 is 9.53 Å². The number of nitrogens with zero attached hydrogens (tertiary/aromatic N) is 1. The van der Waals surface area contributed by atoms with Gasteiger partial charge >= 0.3 is 0 Å². The summed E-state index contributed by atoms with van der Waals surface area (Å²) in [5, 5.41) is 6.76. The largest absolute Gasteiger partial charge is 0.484 e. The van der Waals surface area contributed by atoms with Crippen molar-refractivity contribution in [2.75, 3.05) is 38.0 Å². The molecule has 5 nitrogen and oxygen atoms in total. The number of hydrogen-bond acceptors (Lipinski definition) is 5. The number of Topliss-reactive ketones (excluding diaryl/α,β-unsaturated/α-hetero) is 1. The van der Waals surface area contributed by atoms with Crippen LogP contribution in [0.2, 0.25) is 0 Å². The molecule has 2 aliphatic heterocycles.